The van der Waals surface area contributed by atoms with E-state index in [9.17, 15) is 8.42 Å². The normalized spacial score (nSPS) is 28.9. The van der Waals surface area contributed by atoms with Gasteiger partial charge < -0.3 is 5.32 Å². The van der Waals surface area contributed by atoms with E-state index < -0.39 is 9.84 Å². The summed E-state index contributed by atoms with van der Waals surface area (Å²) >= 11 is 0. The van der Waals surface area contributed by atoms with Gasteiger partial charge in [0.25, 0.3) is 0 Å². The van der Waals surface area contributed by atoms with Crippen molar-refractivity contribution in [3.8, 4) is 0 Å². The number of nitrogens with zero attached hydrogens (tertiary/aromatic N) is 2. The Morgan fingerprint density at radius 3 is 2.95 bits per heavy atom. The van der Waals surface area contributed by atoms with E-state index in [4.69, 9.17) is 0 Å². The van der Waals surface area contributed by atoms with E-state index in [1.165, 1.54) is 18.4 Å². The van der Waals surface area contributed by atoms with Crippen molar-refractivity contribution < 1.29 is 8.42 Å². The fraction of sp³-hybridized carbons (Fsp3) is 0.786. The van der Waals surface area contributed by atoms with Crippen LogP contribution in [0.4, 0.5) is 0 Å². The van der Waals surface area contributed by atoms with Gasteiger partial charge in [-0.1, -0.05) is 0 Å². The number of aromatic nitrogens is 2. The van der Waals surface area contributed by atoms with Gasteiger partial charge in [0, 0.05) is 12.2 Å². The lowest BCUT2D eigenvalue weighted by molar-refractivity contribution is 0.328. The highest BCUT2D eigenvalue weighted by Crippen LogP contribution is 2.30. The molecular formula is C14H23N3O2S. The van der Waals surface area contributed by atoms with E-state index in [-0.39, 0.29) is 17.0 Å². The molecule has 1 N–H and O–H groups in total. The van der Waals surface area contributed by atoms with Crippen molar-refractivity contribution >= 4 is 9.84 Å². The molecule has 0 radical (unpaired) electrons. The van der Waals surface area contributed by atoms with Crippen LogP contribution in [0.5, 0.6) is 0 Å². The number of aryl methyl sites for hydroxylation is 1. The molecule has 5 nitrogen and oxygen atoms in total. The minimum Gasteiger partial charge on any atom is -0.314 e. The third-order valence-corrected chi connectivity index (χ3v) is 6.21. The zero-order valence-corrected chi connectivity index (χ0v) is 12.8. The molecular weight excluding hydrogens is 274 g/mol. The van der Waals surface area contributed by atoms with Crippen LogP contribution in [-0.2, 0) is 21.8 Å². The average molecular weight is 297 g/mol. The SMILES string of the molecule is CC1(n2cc(CCCNC3CC3)cn2)CCS(=O)(=O)C1. The van der Waals surface area contributed by atoms with Crippen molar-refractivity contribution in [2.75, 3.05) is 18.1 Å². The van der Waals surface area contributed by atoms with Crippen LogP contribution >= 0.6 is 0 Å². The van der Waals surface area contributed by atoms with Crippen LogP contribution in [0.15, 0.2) is 12.4 Å². The van der Waals surface area contributed by atoms with Crippen LogP contribution in [0.1, 0.15) is 38.2 Å². The number of hydrogen-bond donors (Lipinski definition) is 1. The monoisotopic (exact) mass is 297 g/mol. The molecule has 3 rings (SSSR count). The van der Waals surface area contributed by atoms with E-state index in [0.29, 0.717) is 6.42 Å². The minimum absolute atomic E-state index is 0.213. The molecule has 6 heteroatoms. The molecule has 0 aromatic carbocycles. The zero-order valence-electron chi connectivity index (χ0n) is 12.0. The number of sulfone groups is 1. The van der Waals surface area contributed by atoms with Crippen LogP contribution < -0.4 is 5.32 Å². The van der Waals surface area contributed by atoms with Crippen molar-refractivity contribution in [3.05, 3.63) is 18.0 Å². The Morgan fingerprint density at radius 2 is 2.30 bits per heavy atom. The second kappa shape index (κ2) is 5.15. The predicted molar refractivity (Wildman–Crippen MR) is 78.5 cm³/mol. The Balaban J connectivity index is 1.55. The molecule has 0 bridgehead atoms. The second-order valence-electron chi connectivity index (χ2n) is 6.46. The molecule has 2 aliphatic rings. The lowest BCUT2D eigenvalue weighted by Gasteiger charge is -2.22. The molecule has 1 aromatic rings. The Labute approximate surface area is 120 Å². The summed E-state index contributed by atoms with van der Waals surface area (Å²) in [5.74, 6) is 0.494. The standard InChI is InChI=1S/C14H23N3O2S/c1-14(6-8-20(18,19)11-14)17-10-12(9-16-17)3-2-7-15-13-4-5-13/h9-10,13,15H,2-8,11H2,1H3. The van der Waals surface area contributed by atoms with Gasteiger partial charge in [-0.25, -0.2) is 8.42 Å². The summed E-state index contributed by atoms with van der Waals surface area (Å²) in [6.07, 6.45) is 9.33. The molecule has 1 aromatic heterocycles. The molecule has 1 aliphatic carbocycles. The summed E-state index contributed by atoms with van der Waals surface area (Å²) < 4.78 is 25.2. The largest absolute Gasteiger partial charge is 0.314 e. The quantitative estimate of drug-likeness (QED) is 0.799. The molecule has 0 amide bonds. The van der Waals surface area contributed by atoms with E-state index in [1.54, 1.807) is 0 Å². The maximum atomic E-state index is 11.7. The molecule has 1 aliphatic heterocycles. The van der Waals surface area contributed by atoms with Gasteiger partial charge in [0.1, 0.15) is 0 Å². The summed E-state index contributed by atoms with van der Waals surface area (Å²) in [6, 6.07) is 0.764. The molecule has 1 atom stereocenters. The van der Waals surface area contributed by atoms with Gasteiger partial charge in [-0.05, 0) is 51.1 Å². The molecule has 1 saturated heterocycles. The van der Waals surface area contributed by atoms with E-state index in [0.717, 1.165) is 25.4 Å². The van der Waals surface area contributed by atoms with Crippen LogP contribution in [-0.4, -0.2) is 42.3 Å². The summed E-state index contributed by atoms with van der Waals surface area (Å²) in [6.45, 7) is 3.05. The first-order valence-electron chi connectivity index (χ1n) is 7.45. The van der Waals surface area contributed by atoms with Crippen molar-refractivity contribution in [1.82, 2.24) is 15.1 Å². The van der Waals surface area contributed by atoms with Gasteiger partial charge in [-0.15, -0.1) is 0 Å². The van der Waals surface area contributed by atoms with Gasteiger partial charge in [-0.2, -0.15) is 5.10 Å². The van der Waals surface area contributed by atoms with Gasteiger partial charge >= 0.3 is 0 Å². The lowest BCUT2D eigenvalue weighted by Crippen LogP contribution is -2.31. The Bertz CT molecular complexity index is 577. The minimum atomic E-state index is -2.89. The summed E-state index contributed by atoms with van der Waals surface area (Å²) in [4.78, 5) is 0. The molecule has 0 spiro atoms. The number of rotatable bonds is 6. The van der Waals surface area contributed by atoms with Crippen molar-refractivity contribution in [2.24, 2.45) is 0 Å². The molecule has 20 heavy (non-hydrogen) atoms. The predicted octanol–water partition coefficient (Wildman–Crippen LogP) is 1.10. The van der Waals surface area contributed by atoms with Gasteiger partial charge in [-0.3, -0.25) is 4.68 Å². The number of hydrogen-bond acceptors (Lipinski definition) is 4. The van der Waals surface area contributed by atoms with Gasteiger partial charge in [0.05, 0.1) is 23.2 Å². The first-order chi connectivity index (χ1) is 9.47. The Hall–Kier alpha value is -0.880. The first-order valence-corrected chi connectivity index (χ1v) is 9.27. The van der Waals surface area contributed by atoms with Crippen LogP contribution in [0.25, 0.3) is 0 Å². The maximum Gasteiger partial charge on any atom is 0.152 e. The third-order valence-electron chi connectivity index (χ3n) is 4.32. The highest BCUT2D eigenvalue weighted by atomic mass is 32.2. The second-order valence-corrected chi connectivity index (χ2v) is 8.65. The van der Waals surface area contributed by atoms with Gasteiger partial charge in [0.15, 0.2) is 9.84 Å². The Morgan fingerprint density at radius 1 is 1.50 bits per heavy atom. The lowest BCUT2D eigenvalue weighted by atomic mass is 10.0. The maximum absolute atomic E-state index is 11.7. The highest BCUT2D eigenvalue weighted by molar-refractivity contribution is 7.91. The third kappa shape index (κ3) is 3.23. The topological polar surface area (TPSA) is 64.0 Å². The van der Waals surface area contributed by atoms with E-state index in [2.05, 4.69) is 10.4 Å². The zero-order chi connectivity index (χ0) is 14.2. The van der Waals surface area contributed by atoms with Crippen LogP contribution in [0.3, 0.4) is 0 Å². The van der Waals surface area contributed by atoms with E-state index in [1.807, 2.05) is 24.0 Å². The fourth-order valence-corrected chi connectivity index (χ4v) is 4.96. The van der Waals surface area contributed by atoms with E-state index >= 15 is 0 Å². The van der Waals surface area contributed by atoms with Crippen molar-refractivity contribution in [1.29, 1.82) is 0 Å². The van der Waals surface area contributed by atoms with Crippen LogP contribution in [0.2, 0.25) is 0 Å². The molecule has 1 saturated carbocycles. The average Bonchev–Trinajstić information content (AvgIpc) is 2.99. The highest BCUT2D eigenvalue weighted by Gasteiger charge is 2.40. The summed E-state index contributed by atoms with van der Waals surface area (Å²) in [5.41, 5.74) is 0.844. The summed E-state index contributed by atoms with van der Waals surface area (Å²) in [5, 5.41) is 7.89. The van der Waals surface area contributed by atoms with Crippen LogP contribution in [0, 0.1) is 0 Å². The van der Waals surface area contributed by atoms with Crippen molar-refractivity contribution in [2.45, 2.75) is 50.6 Å². The summed E-state index contributed by atoms with van der Waals surface area (Å²) in [7, 11) is -2.89. The fourth-order valence-electron chi connectivity index (χ4n) is 2.84. The van der Waals surface area contributed by atoms with Crippen molar-refractivity contribution in [3.63, 3.8) is 0 Å². The van der Waals surface area contributed by atoms with Gasteiger partial charge in [0.2, 0.25) is 0 Å². The first kappa shape index (κ1) is 14.1. The molecule has 1 unspecified atom stereocenters. The Kier molecular flexibility index (Phi) is 3.62. The molecule has 112 valence electrons. The smallest absolute Gasteiger partial charge is 0.152 e. The number of nitrogens with one attached hydrogen (secondary N) is 1. The molecule has 2 fully saturated rings. The molecule has 2 heterocycles.